The lowest BCUT2D eigenvalue weighted by molar-refractivity contribution is -0.146. The number of methoxy groups -OCH3 is 2. The molecule has 0 bridgehead atoms. The Hall–Kier alpha value is -5.66. The number of aryl methyl sites for hydroxylation is 1. The normalized spacial score (nSPS) is 16.1. The van der Waals surface area contributed by atoms with Crippen molar-refractivity contribution in [1.82, 2.24) is 30.0 Å². The number of aromatic nitrogens is 2. The summed E-state index contributed by atoms with van der Waals surface area (Å²) in [6.07, 6.45) is 9.11. The topological polar surface area (TPSA) is 210 Å². The number of anilines is 2. The van der Waals surface area contributed by atoms with E-state index in [1.807, 2.05) is 69.6 Å². The number of aliphatic hydroxyl groups excluding tert-OH is 1. The van der Waals surface area contributed by atoms with Gasteiger partial charge in [-0.1, -0.05) is 87.5 Å². The number of nitrogens with zero attached hydrogens (tertiary/aromatic N) is 6. The number of carbonyl (C=O) groups excluding carboxylic acids is 3. The molecule has 18 nitrogen and oxygen atoms in total. The van der Waals surface area contributed by atoms with Crippen molar-refractivity contribution in [2.75, 3.05) is 112 Å². The number of aliphatic hydroxyl groups is 1. The van der Waals surface area contributed by atoms with Crippen LogP contribution in [0.2, 0.25) is 10.0 Å². The number of hydrogen-bond acceptors (Lipinski definition) is 17. The summed E-state index contributed by atoms with van der Waals surface area (Å²) < 4.78 is 34.6. The van der Waals surface area contributed by atoms with Gasteiger partial charge in [-0.25, -0.2) is 4.98 Å². The van der Waals surface area contributed by atoms with Gasteiger partial charge < -0.3 is 58.9 Å². The SMILES string of the molecule is COc1cc(Nc2c(C#N)cnc3cc(OCCCN4CCN(CCCCCCOCCOCCOCCCCCC(=O)C[C@H](C(=O)N5C[C@H](O)C[C@H]5C(=O)NCc5ccc(-c6scnc6C)cc5)C(C)(C)C)CC4)c(OC)cc23)c(Cl)cc1Cl. The molecule has 0 spiro atoms. The number of halogens is 2. The molecule has 2 amide bonds. The van der Waals surface area contributed by atoms with E-state index >= 15 is 0 Å². The van der Waals surface area contributed by atoms with Gasteiger partial charge in [0.25, 0.3) is 0 Å². The summed E-state index contributed by atoms with van der Waals surface area (Å²) >= 11 is 14.4. The zero-order valence-corrected chi connectivity index (χ0v) is 52.7. The van der Waals surface area contributed by atoms with E-state index in [-0.39, 0.29) is 37.0 Å². The number of β-amino-alcohol motifs (C(OH)–C–C–N with tert-alkyl or cyclic N) is 1. The fourth-order valence-electron chi connectivity index (χ4n) is 10.7. The molecule has 2 aromatic heterocycles. The molecule has 3 N–H and O–H groups in total. The van der Waals surface area contributed by atoms with E-state index in [1.54, 1.807) is 30.6 Å². The highest BCUT2D eigenvalue weighted by atomic mass is 35.5. The number of ketones is 1. The summed E-state index contributed by atoms with van der Waals surface area (Å²) in [5, 5.41) is 28.2. The summed E-state index contributed by atoms with van der Waals surface area (Å²) in [4.78, 5) is 57.3. The maximum Gasteiger partial charge on any atom is 0.243 e. The summed E-state index contributed by atoms with van der Waals surface area (Å²) in [6, 6.07) is 16.3. The molecule has 85 heavy (non-hydrogen) atoms. The first-order valence-corrected chi connectivity index (χ1v) is 31.5. The second kappa shape index (κ2) is 34.0. The molecule has 462 valence electrons. The highest BCUT2D eigenvalue weighted by Crippen LogP contribution is 2.41. The molecule has 2 fully saturated rings. The van der Waals surface area contributed by atoms with Crippen LogP contribution in [0.1, 0.15) is 108 Å². The van der Waals surface area contributed by atoms with Crippen LogP contribution >= 0.6 is 34.5 Å². The zero-order valence-electron chi connectivity index (χ0n) is 50.4. The van der Waals surface area contributed by atoms with Gasteiger partial charge in [-0.05, 0) is 74.2 Å². The van der Waals surface area contributed by atoms with E-state index in [4.69, 9.17) is 51.6 Å². The van der Waals surface area contributed by atoms with Gasteiger partial charge in [0.1, 0.15) is 23.6 Å². The molecule has 0 unspecified atom stereocenters. The minimum atomic E-state index is -0.812. The Morgan fingerprint density at radius 1 is 0.788 bits per heavy atom. The molecule has 5 aromatic rings. The molecule has 0 aliphatic carbocycles. The summed E-state index contributed by atoms with van der Waals surface area (Å²) in [6.45, 7) is 18.4. The molecular formula is C64H86Cl2N8O10S. The molecule has 0 radical (unpaired) electrons. The number of unbranched alkanes of at least 4 members (excludes halogenated alkanes) is 5. The number of benzene rings is 3. The first-order valence-electron chi connectivity index (χ1n) is 29.9. The molecule has 0 saturated carbocycles. The summed E-state index contributed by atoms with van der Waals surface area (Å²) in [7, 11) is 3.12. The fourth-order valence-corrected chi connectivity index (χ4v) is 12.0. The lowest BCUT2D eigenvalue weighted by Crippen LogP contribution is -2.50. The third-order valence-corrected chi connectivity index (χ3v) is 17.3. The van der Waals surface area contributed by atoms with Crippen molar-refractivity contribution in [1.29, 1.82) is 5.26 Å². The first-order chi connectivity index (χ1) is 41.1. The average Bonchev–Trinajstić information content (AvgIpc) is 4.23. The lowest BCUT2D eigenvalue weighted by Gasteiger charge is -2.34. The van der Waals surface area contributed by atoms with Gasteiger partial charge in [-0.15, -0.1) is 11.3 Å². The van der Waals surface area contributed by atoms with Crippen LogP contribution in [0, 0.1) is 29.6 Å². The van der Waals surface area contributed by atoms with Gasteiger partial charge in [0.15, 0.2) is 11.5 Å². The van der Waals surface area contributed by atoms with E-state index in [0.29, 0.717) is 114 Å². The number of Topliss-reactive ketones (excluding diaryl/α,β-unsaturated/α-hetero) is 1. The van der Waals surface area contributed by atoms with E-state index in [1.165, 1.54) is 31.0 Å². The number of nitrogens with one attached hydrogen (secondary N) is 2. The Morgan fingerprint density at radius 3 is 2.07 bits per heavy atom. The summed E-state index contributed by atoms with van der Waals surface area (Å²) in [5.74, 6) is 0.400. The molecule has 7 rings (SSSR count). The second-order valence-corrected chi connectivity index (χ2v) is 24.6. The predicted octanol–water partition coefficient (Wildman–Crippen LogP) is 11.1. The van der Waals surface area contributed by atoms with Crippen molar-refractivity contribution < 1.29 is 47.9 Å². The number of ether oxygens (including phenoxy) is 6. The number of carbonyl (C=O) groups is 3. The van der Waals surface area contributed by atoms with Crippen LogP contribution < -0.4 is 24.8 Å². The Kier molecular flexibility index (Phi) is 26.8. The number of amides is 2. The van der Waals surface area contributed by atoms with E-state index in [0.717, 1.165) is 99.7 Å². The van der Waals surface area contributed by atoms with Crippen molar-refractivity contribution in [2.24, 2.45) is 11.3 Å². The van der Waals surface area contributed by atoms with Crippen LogP contribution in [0.4, 0.5) is 11.4 Å². The number of fused-ring (bicyclic) bond motifs is 1. The lowest BCUT2D eigenvalue weighted by atomic mass is 9.76. The van der Waals surface area contributed by atoms with Gasteiger partial charge in [-0.2, -0.15) is 5.26 Å². The van der Waals surface area contributed by atoms with Crippen LogP contribution in [0.3, 0.4) is 0 Å². The number of nitriles is 1. The third kappa shape index (κ3) is 20.2. The monoisotopic (exact) mass is 1230 g/mol. The minimum Gasteiger partial charge on any atom is -0.495 e. The maximum absolute atomic E-state index is 14.1. The maximum atomic E-state index is 14.1. The van der Waals surface area contributed by atoms with Crippen molar-refractivity contribution >= 4 is 74.4 Å². The van der Waals surface area contributed by atoms with Gasteiger partial charge in [0.2, 0.25) is 11.8 Å². The van der Waals surface area contributed by atoms with Gasteiger partial charge in [-0.3, -0.25) is 19.4 Å². The number of hydrogen-bond donors (Lipinski definition) is 3. The standard InChI is InChI=1S/C64H86Cl2N8O10S/c1-44-61(85-43-70-44)46-18-16-45(17-19-46)40-69-62(77)56-34-49(76)42-74(56)63(78)51(64(2,3)4)33-48(75)15-10-9-13-27-82-30-32-83-31-29-81-26-12-8-7-11-20-72-22-24-73(25-23-72)21-14-28-84-59-37-54-50(35-58(59)80-6)60(47(39-67)41-68-54)71-55-38-57(79-5)53(66)36-52(55)65/h16-19,35-38,41,43,49,51,56,76H,7-15,20-34,40,42H2,1-6H3,(H,68,71)(H,69,77)/t49-,51-,56+/m1/s1. The quantitative estimate of drug-likeness (QED) is 0.0322. The van der Waals surface area contributed by atoms with E-state index < -0.39 is 23.5 Å². The Balaban J connectivity index is 0.660. The first kappa shape index (κ1) is 66.9. The Bertz CT molecular complexity index is 2980. The van der Waals surface area contributed by atoms with Gasteiger partial charge >= 0.3 is 0 Å². The largest absolute Gasteiger partial charge is 0.495 e. The number of likely N-dealkylation sites (tertiary alicyclic amines) is 1. The minimum absolute atomic E-state index is 0.0238. The van der Waals surface area contributed by atoms with Crippen molar-refractivity contribution in [2.45, 2.75) is 117 Å². The molecule has 2 aliphatic heterocycles. The zero-order chi connectivity index (χ0) is 60.7. The number of rotatable bonds is 35. The predicted molar refractivity (Wildman–Crippen MR) is 335 cm³/mol. The highest BCUT2D eigenvalue weighted by molar-refractivity contribution is 7.13. The Labute approximate surface area is 515 Å². The molecule has 3 atom stereocenters. The van der Waals surface area contributed by atoms with Gasteiger partial charge in [0.05, 0.1) is 102 Å². The van der Waals surface area contributed by atoms with E-state index in [2.05, 4.69) is 36.5 Å². The highest BCUT2D eigenvalue weighted by Gasteiger charge is 2.44. The van der Waals surface area contributed by atoms with Crippen LogP contribution in [0.25, 0.3) is 21.3 Å². The van der Waals surface area contributed by atoms with Crippen molar-refractivity contribution in [3.63, 3.8) is 0 Å². The smallest absolute Gasteiger partial charge is 0.243 e. The second-order valence-electron chi connectivity index (χ2n) is 23.0. The van der Waals surface area contributed by atoms with Crippen LogP contribution in [-0.2, 0) is 35.1 Å². The molecule has 4 heterocycles. The number of pyridine rings is 1. The van der Waals surface area contributed by atoms with Crippen molar-refractivity contribution in [3.8, 4) is 33.8 Å². The third-order valence-electron chi connectivity index (χ3n) is 15.7. The van der Waals surface area contributed by atoms with Crippen LogP contribution in [-0.4, -0.2) is 166 Å². The van der Waals surface area contributed by atoms with Gasteiger partial charge in [0, 0.05) is 108 Å². The fraction of sp³-hybridized carbons (Fsp3) is 0.562. The van der Waals surface area contributed by atoms with E-state index in [9.17, 15) is 24.8 Å². The number of thiazole rings is 1. The summed E-state index contributed by atoms with van der Waals surface area (Å²) in [5.41, 5.74) is 6.31. The molecule has 3 aromatic carbocycles. The molecule has 21 heteroatoms. The van der Waals surface area contributed by atoms with Crippen LogP contribution in [0.5, 0.6) is 17.2 Å². The van der Waals surface area contributed by atoms with Crippen molar-refractivity contribution in [3.05, 3.63) is 87.1 Å². The molecular weight excluding hydrogens is 1140 g/mol. The molecule has 2 saturated heterocycles. The number of piperazine rings is 1. The average molecular weight is 1230 g/mol. The van der Waals surface area contributed by atoms with Crippen LogP contribution in [0.15, 0.2) is 60.2 Å². The Morgan fingerprint density at radius 2 is 1.44 bits per heavy atom. The molecule has 2 aliphatic rings.